The molecule has 0 bridgehead atoms. The molecule has 1 aliphatic rings. The molecule has 0 aromatic heterocycles. The Morgan fingerprint density at radius 1 is 1.03 bits per heavy atom. The molecule has 1 heterocycles. The van der Waals surface area contributed by atoms with Crippen LogP contribution >= 0.6 is 0 Å². The second-order valence-electron chi connectivity index (χ2n) is 7.26. The van der Waals surface area contributed by atoms with Gasteiger partial charge >= 0.3 is 0 Å². The minimum Gasteiger partial charge on any atom is -0.379 e. The number of nitriles is 1. The summed E-state index contributed by atoms with van der Waals surface area (Å²) in [6.45, 7) is 3.77. The van der Waals surface area contributed by atoms with E-state index in [0.29, 0.717) is 50.7 Å². The first-order valence-corrected chi connectivity index (χ1v) is 11.5. The molecule has 8 heteroatoms. The number of benzene rings is 2. The zero-order valence-electron chi connectivity index (χ0n) is 17.3. The van der Waals surface area contributed by atoms with Crippen LogP contribution in [0, 0.1) is 11.3 Å². The Morgan fingerprint density at radius 2 is 1.60 bits per heavy atom. The molecule has 0 radical (unpaired) electrons. The van der Waals surface area contributed by atoms with Crippen molar-refractivity contribution < 1.29 is 13.2 Å². The average Bonchev–Trinajstić information content (AvgIpc) is 2.79. The summed E-state index contributed by atoms with van der Waals surface area (Å²) in [5.41, 5.74) is 3.29. The summed E-state index contributed by atoms with van der Waals surface area (Å²) in [6.07, 6.45) is 0.506. The lowest BCUT2D eigenvalue weighted by molar-refractivity contribution is 0.0730. The van der Waals surface area contributed by atoms with Crippen molar-refractivity contribution in [2.24, 2.45) is 0 Å². The number of hydrogen-bond acceptors (Lipinski definition) is 6. The number of anilines is 1. The van der Waals surface area contributed by atoms with Gasteiger partial charge in [0.25, 0.3) is 0 Å². The molecule has 0 atom stereocenters. The molecule has 2 aromatic carbocycles. The number of nitrogens with zero attached hydrogens (tertiary/aromatic N) is 3. The van der Waals surface area contributed by atoms with E-state index in [4.69, 9.17) is 10.00 Å². The van der Waals surface area contributed by atoms with Crippen LogP contribution in [0.15, 0.2) is 53.4 Å². The third kappa shape index (κ3) is 5.80. The number of sulfonamides is 1. The van der Waals surface area contributed by atoms with E-state index in [1.165, 1.54) is 9.87 Å². The van der Waals surface area contributed by atoms with Crippen LogP contribution in [-0.4, -0.2) is 52.6 Å². The number of hydrogen-bond donors (Lipinski definition) is 1. The molecule has 7 nitrogen and oxygen atoms in total. The van der Waals surface area contributed by atoms with E-state index < -0.39 is 10.0 Å². The van der Waals surface area contributed by atoms with Gasteiger partial charge in [-0.05, 0) is 35.4 Å². The highest BCUT2D eigenvalue weighted by Gasteiger charge is 2.25. The summed E-state index contributed by atoms with van der Waals surface area (Å²) < 4.78 is 32.0. The van der Waals surface area contributed by atoms with Crippen LogP contribution in [0.1, 0.15) is 17.5 Å². The number of rotatable bonds is 9. The summed E-state index contributed by atoms with van der Waals surface area (Å²) in [5, 5.41) is 12.1. The first-order valence-electron chi connectivity index (χ1n) is 10.1. The maximum atomic E-state index is 12.7. The second kappa shape index (κ2) is 10.5. The van der Waals surface area contributed by atoms with E-state index in [-0.39, 0.29) is 0 Å². The maximum Gasteiger partial charge on any atom is 0.243 e. The number of nitrogens with one attached hydrogen (secondary N) is 1. The summed E-state index contributed by atoms with van der Waals surface area (Å²) in [6, 6.07) is 17.5. The zero-order valence-corrected chi connectivity index (χ0v) is 18.1. The van der Waals surface area contributed by atoms with Crippen LogP contribution < -0.4 is 10.2 Å². The van der Waals surface area contributed by atoms with Crippen molar-refractivity contribution in [2.45, 2.75) is 24.4 Å². The molecule has 0 spiro atoms. The van der Waals surface area contributed by atoms with E-state index >= 15 is 0 Å². The SMILES string of the molecule is CN(CCC#N)c1ccc(CNCc2ccc(S(=O)(=O)N3CCOCC3)cc2)cc1. The molecule has 1 N–H and O–H groups in total. The average molecular weight is 429 g/mol. The zero-order chi connectivity index (χ0) is 21.4. The lowest BCUT2D eigenvalue weighted by atomic mass is 10.2. The van der Waals surface area contributed by atoms with Crippen LogP contribution in [0.3, 0.4) is 0 Å². The number of ether oxygens (including phenoxy) is 1. The monoisotopic (exact) mass is 428 g/mol. The van der Waals surface area contributed by atoms with Gasteiger partial charge in [0.2, 0.25) is 10.0 Å². The smallest absolute Gasteiger partial charge is 0.243 e. The Morgan fingerprint density at radius 3 is 2.17 bits per heavy atom. The molecule has 1 aliphatic heterocycles. The quantitative estimate of drug-likeness (QED) is 0.660. The van der Waals surface area contributed by atoms with Gasteiger partial charge in [0.1, 0.15) is 0 Å². The van der Waals surface area contributed by atoms with Gasteiger partial charge in [-0.3, -0.25) is 0 Å². The van der Waals surface area contributed by atoms with Crippen molar-refractivity contribution in [1.82, 2.24) is 9.62 Å². The number of morpholine rings is 1. The Bertz CT molecular complexity index is 947. The first-order chi connectivity index (χ1) is 14.5. The van der Waals surface area contributed by atoms with Gasteiger partial charge in [-0.25, -0.2) is 8.42 Å². The molecule has 0 unspecified atom stereocenters. The third-order valence-corrected chi connectivity index (χ3v) is 7.04. The van der Waals surface area contributed by atoms with Crippen LogP contribution in [0.25, 0.3) is 0 Å². The van der Waals surface area contributed by atoms with Crippen molar-refractivity contribution in [2.75, 3.05) is 44.8 Å². The van der Waals surface area contributed by atoms with Crippen molar-refractivity contribution in [1.29, 1.82) is 5.26 Å². The predicted molar refractivity (Wildman–Crippen MR) is 117 cm³/mol. The topological polar surface area (TPSA) is 85.7 Å². The summed E-state index contributed by atoms with van der Waals surface area (Å²) in [7, 11) is -1.47. The highest BCUT2D eigenvalue weighted by molar-refractivity contribution is 7.89. The maximum absolute atomic E-state index is 12.7. The van der Waals surface area contributed by atoms with Crippen molar-refractivity contribution in [3.8, 4) is 6.07 Å². The Kier molecular flexibility index (Phi) is 7.82. The van der Waals surface area contributed by atoms with Crippen molar-refractivity contribution >= 4 is 15.7 Å². The summed E-state index contributed by atoms with van der Waals surface area (Å²) in [5.74, 6) is 0. The molecular weight excluding hydrogens is 400 g/mol. The fraction of sp³-hybridized carbons (Fsp3) is 0.409. The van der Waals surface area contributed by atoms with Crippen LogP contribution in [0.4, 0.5) is 5.69 Å². The summed E-state index contributed by atoms with van der Waals surface area (Å²) >= 11 is 0. The van der Waals surface area contributed by atoms with Gasteiger partial charge < -0.3 is 15.0 Å². The van der Waals surface area contributed by atoms with E-state index in [9.17, 15) is 8.42 Å². The molecule has 30 heavy (non-hydrogen) atoms. The first kappa shape index (κ1) is 22.2. The third-order valence-electron chi connectivity index (χ3n) is 5.13. The highest BCUT2D eigenvalue weighted by atomic mass is 32.2. The van der Waals surface area contributed by atoms with Gasteiger partial charge in [-0.1, -0.05) is 24.3 Å². The molecule has 2 aromatic rings. The fourth-order valence-corrected chi connectivity index (χ4v) is 4.69. The van der Waals surface area contributed by atoms with Crippen LogP contribution in [0.2, 0.25) is 0 Å². The highest BCUT2D eigenvalue weighted by Crippen LogP contribution is 2.18. The summed E-state index contributed by atoms with van der Waals surface area (Å²) in [4.78, 5) is 2.39. The van der Waals surface area contributed by atoms with Crippen molar-refractivity contribution in [3.63, 3.8) is 0 Å². The van der Waals surface area contributed by atoms with Crippen LogP contribution in [0.5, 0.6) is 0 Å². The largest absolute Gasteiger partial charge is 0.379 e. The lowest BCUT2D eigenvalue weighted by Crippen LogP contribution is -2.40. The molecule has 0 amide bonds. The molecular formula is C22H28N4O3S. The van der Waals surface area contributed by atoms with E-state index in [1.807, 2.05) is 19.2 Å². The van der Waals surface area contributed by atoms with Crippen molar-refractivity contribution in [3.05, 3.63) is 59.7 Å². The fourth-order valence-electron chi connectivity index (χ4n) is 3.28. The van der Waals surface area contributed by atoms with E-state index in [0.717, 1.165) is 17.8 Å². The molecule has 1 saturated heterocycles. The predicted octanol–water partition coefficient (Wildman–Crippen LogP) is 2.35. The normalized spacial score (nSPS) is 14.9. The van der Waals surface area contributed by atoms with E-state index in [2.05, 4.69) is 40.6 Å². The lowest BCUT2D eigenvalue weighted by Gasteiger charge is -2.26. The van der Waals surface area contributed by atoms with Crippen LogP contribution in [-0.2, 0) is 27.8 Å². The second-order valence-corrected chi connectivity index (χ2v) is 9.20. The minimum absolute atomic E-state index is 0.323. The molecule has 0 saturated carbocycles. The Balaban J connectivity index is 1.50. The molecule has 3 rings (SSSR count). The molecule has 0 aliphatic carbocycles. The Labute approximate surface area is 178 Å². The molecule has 1 fully saturated rings. The standard InChI is InChI=1S/C22H28N4O3S/c1-25(12-2-11-23)21-7-3-19(4-8-21)17-24-18-20-5-9-22(10-6-20)30(27,28)26-13-15-29-16-14-26/h3-10,24H,2,12-18H2,1H3. The molecule has 160 valence electrons. The Hall–Kier alpha value is -2.44. The minimum atomic E-state index is -3.45. The van der Waals surface area contributed by atoms with Gasteiger partial charge in [0, 0.05) is 45.5 Å². The van der Waals surface area contributed by atoms with Gasteiger partial charge in [-0.15, -0.1) is 0 Å². The van der Waals surface area contributed by atoms with E-state index in [1.54, 1.807) is 12.1 Å². The van der Waals surface area contributed by atoms with Gasteiger partial charge in [0.05, 0.1) is 30.6 Å². The van der Waals surface area contributed by atoms with Gasteiger partial charge in [0.15, 0.2) is 0 Å². The van der Waals surface area contributed by atoms with Gasteiger partial charge in [-0.2, -0.15) is 9.57 Å².